The van der Waals surface area contributed by atoms with Crippen LogP contribution in [0.5, 0.6) is 0 Å². The number of nitrogen functional groups attached to an aromatic ring is 1. The van der Waals surface area contributed by atoms with E-state index >= 15 is 0 Å². The third-order valence-corrected chi connectivity index (χ3v) is 5.33. The number of hydrogen-bond acceptors (Lipinski definition) is 4. The molecule has 3 aromatic rings. The molecule has 7 heteroatoms. The molecule has 0 bridgehead atoms. The van der Waals surface area contributed by atoms with Crippen LogP contribution in [0.4, 0.5) is 5.69 Å². The highest BCUT2D eigenvalue weighted by molar-refractivity contribution is 7.98. The molecule has 0 atom stereocenters. The Morgan fingerprint density at radius 1 is 1.04 bits per heavy atom. The second-order valence-electron chi connectivity index (χ2n) is 5.21. The Bertz CT molecular complexity index is 846. The topological polar surface area (TPSA) is 56.7 Å². The second-order valence-corrected chi connectivity index (χ2v) is 6.97. The summed E-state index contributed by atoms with van der Waals surface area (Å²) in [4.78, 5) is 0. The molecule has 24 heavy (non-hydrogen) atoms. The molecule has 0 spiro atoms. The van der Waals surface area contributed by atoms with Crippen LogP contribution in [-0.2, 0) is 12.3 Å². The van der Waals surface area contributed by atoms with Crippen LogP contribution in [0.1, 0.15) is 12.5 Å². The van der Waals surface area contributed by atoms with Crippen LogP contribution in [0.2, 0.25) is 10.0 Å². The van der Waals surface area contributed by atoms with Crippen LogP contribution in [0, 0.1) is 0 Å². The third kappa shape index (κ3) is 3.69. The number of hydrogen-bond donors (Lipinski definition) is 1. The van der Waals surface area contributed by atoms with Crippen molar-refractivity contribution >= 4 is 40.7 Å². The Morgan fingerprint density at radius 2 is 1.79 bits per heavy atom. The van der Waals surface area contributed by atoms with Crippen LogP contribution in [0.3, 0.4) is 0 Å². The highest BCUT2D eigenvalue weighted by atomic mass is 35.5. The van der Waals surface area contributed by atoms with Gasteiger partial charge in [-0.1, -0.05) is 41.0 Å². The molecule has 0 unspecified atom stereocenters. The summed E-state index contributed by atoms with van der Waals surface area (Å²) in [5.41, 5.74) is 8.57. The van der Waals surface area contributed by atoms with E-state index in [-0.39, 0.29) is 0 Å². The van der Waals surface area contributed by atoms with Crippen molar-refractivity contribution in [1.82, 2.24) is 14.8 Å². The van der Waals surface area contributed by atoms with E-state index < -0.39 is 0 Å². The van der Waals surface area contributed by atoms with Gasteiger partial charge in [-0.05, 0) is 48.9 Å². The fourth-order valence-corrected chi connectivity index (χ4v) is 3.57. The lowest BCUT2D eigenvalue weighted by Gasteiger charge is -2.08. The predicted octanol–water partition coefficient (Wildman–Crippen LogP) is 5.15. The quantitative estimate of drug-likeness (QED) is 0.492. The molecule has 0 saturated heterocycles. The predicted molar refractivity (Wildman–Crippen MR) is 102 cm³/mol. The first-order valence-corrected chi connectivity index (χ1v) is 9.18. The number of nitrogens with two attached hydrogens (primary N) is 1. The van der Waals surface area contributed by atoms with E-state index in [1.807, 2.05) is 42.5 Å². The summed E-state index contributed by atoms with van der Waals surface area (Å²) in [6, 6.07) is 13.3. The zero-order valence-corrected chi connectivity index (χ0v) is 15.4. The number of anilines is 1. The van der Waals surface area contributed by atoms with Crippen LogP contribution >= 0.6 is 35.0 Å². The van der Waals surface area contributed by atoms with Crippen molar-refractivity contribution in [3.8, 4) is 11.4 Å². The summed E-state index contributed by atoms with van der Waals surface area (Å²) in [6.07, 6.45) is 0. The van der Waals surface area contributed by atoms with E-state index in [0.717, 1.165) is 40.1 Å². The first-order valence-electron chi connectivity index (χ1n) is 7.44. The Hall–Kier alpha value is -1.69. The zero-order chi connectivity index (χ0) is 17.1. The van der Waals surface area contributed by atoms with Gasteiger partial charge in [-0.25, -0.2) is 0 Å². The summed E-state index contributed by atoms with van der Waals surface area (Å²) in [7, 11) is 0. The minimum Gasteiger partial charge on any atom is -0.399 e. The van der Waals surface area contributed by atoms with E-state index in [1.165, 1.54) is 0 Å². The lowest BCUT2D eigenvalue weighted by atomic mass is 10.2. The Morgan fingerprint density at radius 3 is 2.46 bits per heavy atom. The van der Waals surface area contributed by atoms with Crippen molar-refractivity contribution in [1.29, 1.82) is 0 Å². The smallest absolute Gasteiger partial charge is 0.191 e. The van der Waals surface area contributed by atoms with Crippen LogP contribution < -0.4 is 5.73 Å². The average molecular weight is 379 g/mol. The molecule has 1 aromatic heterocycles. The number of nitrogens with zero attached hydrogens (tertiary/aromatic N) is 3. The highest BCUT2D eigenvalue weighted by Crippen LogP contribution is 2.29. The lowest BCUT2D eigenvalue weighted by molar-refractivity contribution is 0.687. The first kappa shape index (κ1) is 17.1. The normalized spacial score (nSPS) is 11.0. The van der Waals surface area contributed by atoms with Crippen LogP contribution in [-0.4, -0.2) is 14.8 Å². The molecule has 1 heterocycles. The number of benzene rings is 2. The molecular weight excluding hydrogens is 363 g/mol. The van der Waals surface area contributed by atoms with E-state index in [2.05, 4.69) is 21.7 Å². The van der Waals surface area contributed by atoms with Crippen molar-refractivity contribution in [3.05, 3.63) is 58.1 Å². The van der Waals surface area contributed by atoms with E-state index in [9.17, 15) is 0 Å². The summed E-state index contributed by atoms with van der Waals surface area (Å²) in [5.74, 6) is 1.59. The largest absolute Gasteiger partial charge is 0.399 e. The SMILES string of the molecule is CCn1c(SCc2ccc(Cl)c(Cl)c2)nnc1-c1ccc(N)cc1. The van der Waals surface area contributed by atoms with Crippen molar-refractivity contribution in [2.24, 2.45) is 0 Å². The lowest BCUT2D eigenvalue weighted by Crippen LogP contribution is -2.00. The summed E-state index contributed by atoms with van der Waals surface area (Å²) in [5, 5.41) is 10.7. The molecule has 2 aromatic carbocycles. The maximum Gasteiger partial charge on any atom is 0.191 e. The molecule has 0 amide bonds. The fraction of sp³-hybridized carbons (Fsp3) is 0.176. The number of aromatic nitrogens is 3. The molecule has 0 aliphatic heterocycles. The highest BCUT2D eigenvalue weighted by Gasteiger charge is 2.13. The van der Waals surface area contributed by atoms with Crippen molar-refractivity contribution in [2.75, 3.05) is 5.73 Å². The van der Waals surface area contributed by atoms with E-state index in [1.54, 1.807) is 11.8 Å². The average Bonchev–Trinajstić information content (AvgIpc) is 2.99. The van der Waals surface area contributed by atoms with Gasteiger partial charge in [-0.2, -0.15) is 0 Å². The fourth-order valence-electron chi connectivity index (χ4n) is 2.30. The molecule has 0 aliphatic rings. The van der Waals surface area contributed by atoms with Gasteiger partial charge in [-0.3, -0.25) is 0 Å². The summed E-state index contributed by atoms with van der Waals surface area (Å²) < 4.78 is 2.09. The molecule has 0 saturated carbocycles. The number of thioether (sulfide) groups is 1. The standard InChI is InChI=1S/C17H16Cl2N4S/c1-2-23-16(12-4-6-13(20)7-5-12)21-22-17(23)24-10-11-3-8-14(18)15(19)9-11/h3-9H,2,10,20H2,1H3. The maximum atomic E-state index is 6.07. The molecular formula is C17H16Cl2N4S. The molecule has 0 aliphatic carbocycles. The van der Waals surface area contributed by atoms with E-state index in [4.69, 9.17) is 28.9 Å². The molecule has 2 N–H and O–H groups in total. The molecule has 3 rings (SSSR count). The van der Waals surface area contributed by atoms with Gasteiger partial charge < -0.3 is 10.3 Å². The maximum absolute atomic E-state index is 6.07. The summed E-state index contributed by atoms with van der Waals surface area (Å²) in [6.45, 7) is 2.86. The van der Waals surface area contributed by atoms with Crippen molar-refractivity contribution < 1.29 is 0 Å². The molecule has 4 nitrogen and oxygen atoms in total. The first-order chi connectivity index (χ1) is 11.6. The van der Waals surface area contributed by atoms with Crippen molar-refractivity contribution in [3.63, 3.8) is 0 Å². The Balaban J connectivity index is 1.81. The van der Waals surface area contributed by atoms with E-state index in [0.29, 0.717) is 10.0 Å². The van der Waals surface area contributed by atoms with Gasteiger partial charge in [0, 0.05) is 23.5 Å². The van der Waals surface area contributed by atoms with Gasteiger partial charge in [0.05, 0.1) is 10.0 Å². The minimum atomic E-state index is 0.563. The van der Waals surface area contributed by atoms with Crippen LogP contribution in [0.25, 0.3) is 11.4 Å². The Kier molecular flexibility index (Phi) is 5.33. The van der Waals surface area contributed by atoms with Gasteiger partial charge in [0.2, 0.25) is 0 Å². The monoisotopic (exact) mass is 378 g/mol. The number of halogens is 2. The molecule has 0 radical (unpaired) electrons. The van der Waals surface area contributed by atoms with Gasteiger partial charge >= 0.3 is 0 Å². The third-order valence-electron chi connectivity index (χ3n) is 3.55. The second kappa shape index (κ2) is 7.47. The van der Waals surface area contributed by atoms with Gasteiger partial charge in [-0.15, -0.1) is 10.2 Å². The minimum absolute atomic E-state index is 0.563. The van der Waals surface area contributed by atoms with Gasteiger partial charge in [0.1, 0.15) is 0 Å². The van der Waals surface area contributed by atoms with Gasteiger partial charge in [0.25, 0.3) is 0 Å². The Labute approximate surface area is 155 Å². The molecule has 124 valence electrons. The van der Waals surface area contributed by atoms with Crippen molar-refractivity contribution in [2.45, 2.75) is 24.4 Å². The number of rotatable bonds is 5. The van der Waals surface area contributed by atoms with Gasteiger partial charge in [0.15, 0.2) is 11.0 Å². The zero-order valence-electron chi connectivity index (χ0n) is 13.0. The molecule has 0 fully saturated rings. The van der Waals surface area contributed by atoms with Crippen LogP contribution in [0.15, 0.2) is 47.6 Å². The summed E-state index contributed by atoms with van der Waals surface area (Å²) >= 11 is 13.6.